The average Bonchev–Trinajstić information content (AvgIpc) is 2.83. The second-order valence-electron chi connectivity index (χ2n) is 7.11. The first-order chi connectivity index (χ1) is 11.0. The maximum absolute atomic E-state index is 12.0. The van der Waals surface area contributed by atoms with Crippen LogP contribution in [-0.2, 0) is 20.8 Å². The minimum Gasteiger partial charge on any atom is -0.480 e. The van der Waals surface area contributed by atoms with Crippen LogP contribution in [0, 0.1) is 11.3 Å². The summed E-state index contributed by atoms with van der Waals surface area (Å²) in [6.45, 7) is 9.18. The number of carboxylic acid groups (broad SMARTS) is 1. The zero-order valence-electron chi connectivity index (χ0n) is 14.7. The molecule has 0 aromatic carbocycles. The fourth-order valence-electron chi connectivity index (χ4n) is 1.83. The Morgan fingerprint density at radius 1 is 1.29 bits per heavy atom. The molecule has 0 saturated carbocycles. The van der Waals surface area contributed by atoms with Crippen molar-refractivity contribution in [1.29, 1.82) is 0 Å². The second-order valence-corrected chi connectivity index (χ2v) is 7.97. The third-order valence-electron chi connectivity index (χ3n) is 3.14. The third kappa shape index (κ3) is 6.66. The van der Waals surface area contributed by atoms with Crippen LogP contribution < -0.4 is 10.6 Å². The largest absolute Gasteiger partial charge is 0.480 e. The molecule has 2 amide bonds. The zero-order valence-corrected chi connectivity index (χ0v) is 15.5. The van der Waals surface area contributed by atoms with Crippen molar-refractivity contribution in [2.24, 2.45) is 11.3 Å². The zero-order chi connectivity index (χ0) is 18.5. The van der Waals surface area contributed by atoms with Gasteiger partial charge in [-0.15, -0.1) is 11.3 Å². The standard InChI is InChI=1S/C16H25N3O4S/c1-9(2)6-11(13(21)22)18-12(20)7-10-8-24-15(17-10)19-14(23)16(3,4)5/h8-9,11H,6-7H2,1-5H3,(H,18,20)(H,21,22)(H,17,19,23)/t11-/m0/s1. The van der Waals surface area contributed by atoms with E-state index in [2.05, 4.69) is 15.6 Å². The van der Waals surface area contributed by atoms with Gasteiger partial charge in [0, 0.05) is 10.8 Å². The Labute approximate surface area is 145 Å². The van der Waals surface area contributed by atoms with E-state index in [0.717, 1.165) is 0 Å². The second kappa shape index (κ2) is 8.23. The molecule has 7 nitrogen and oxygen atoms in total. The maximum Gasteiger partial charge on any atom is 0.326 e. The highest BCUT2D eigenvalue weighted by atomic mass is 32.1. The molecule has 24 heavy (non-hydrogen) atoms. The first kappa shape index (κ1) is 20.1. The highest BCUT2D eigenvalue weighted by molar-refractivity contribution is 7.13. The first-order valence-electron chi connectivity index (χ1n) is 7.77. The normalized spacial score (nSPS) is 12.8. The number of rotatable bonds is 7. The molecule has 8 heteroatoms. The van der Waals surface area contributed by atoms with E-state index in [9.17, 15) is 14.4 Å². The van der Waals surface area contributed by atoms with Crippen molar-refractivity contribution in [2.75, 3.05) is 5.32 Å². The van der Waals surface area contributed by atoms with E-state index in [1.165, 1.54) is 11.3 Å². The van der Waals surface area contributed by atoms with Crippen LogP contribution in [-0.4, -0.2) is 33.9 Å². The lowest BCUT2D eigenvalue weighted by Gasteiger charge is -2.16. The lowest BCUT2D eigenvalue weighted by atomic mass is 9.96. The number of amides is 2. The summed E-state index contributed by atoms with van der Waals surface area (Å²) in [5.74, 6) is -1.45. The molecule has 1 atom stereocenters. The Kier molecular flexibility index (Phi) is 6.89. The molecule has 1 rings (SSSR count). The summed E-state index contributed by atoms with van der Waals surface area (Å²) in [6, 6.07) is -0.906. The van der Waals surface area contributed by atoms with Crippen molar-refractivity contribution < 1.29 is 19.5 Å². The quantitative estimate of drug-likeness (QED) is 0.695. The van der Waals surface area contributed by atoms with Gasteiger partial charge in [-0.1, -0.05) is 34.6 Å². The lowest BCUT2D eigenvalue weighted by Crippen LogP contribution is -2.42. The summed E-state index contributed by atoms with van der Waals surface area (Å²) < 4.78 is 0. The van der Waals surface area contributed by atoms with Crippen LogP contribution in [0.15, 0.2) is 5.38 Å². The van der Waals surface area contributed by atoms with Crippen LogP contribution in [0.1, 0.15) is 46.7 Å². The van der Waals surface area contributed by atoms with E-state index >= 15 is 0 Å². The van der Waals surface area contributed by atoms with Gasteiger partial charge >= 0.3 is 5.97 Å². The Bertz CT molecular complexity index is 605. The maximum atomic E-state index is 12.0. The van der Waals surface area contributed by atoms with Gasteiger partial charge in [-0.25, -0.2) is 9.78 Å². The van der Waals surface area contributed by atoms with E-state index in [4.69, 9.17) is 5.11 Å². The molecule has 0 spiro atoms. The predicted molar refractivity (Wildman–Crippen MR) is 92.9 cm³/mol. The van der Waals surface area contributed by atoms with E-state index < -0.39 is 23.3 Å². The van der Waals surface area contributed by atoms with Gasteiger partial charge in [0.15, 0.2) is 5.13 Å². The molecule has 1 heterocycles. The summed E-state index contributed by atoms with van der Waals surface area (Å²) in [4.78, 5) is 39.3. The van der Waals surface area contributed by atoms with Crippen molar-refractivity contribution in [2.45, 2.75) is 53.5 Å². The van der Waals surface area contributed by atoms with Crippen molar-refractivity contribution in [1.82, 2.24) is 10.3 Å². The summed E-state index contributed by atoms with van der Waals surface area (Å²) in [5.41, 5.74) is -0.0372. The van der Waals surface area contributed by atoms with Gasteiger partial charge in [0.25, 0.3) is 0 Å². The number of carbonyl (C=O) groups excluding carboxylic acids is 2. The number of nitrogens with one attached hydrogen (secondary N) is 2. The van der Waals surface area contributed by atoms with Gasteiger partial charge in [-0.2, -0.15) is 0 Å². The van der Waals surface area contributed by atoms with Crippen LogP contribution in [0.5, 0.6) is 0 Å². The number of aliphatic carboxylic acids is 1. The van der Waals surface area contributed by atoms with E-state index in [0.29, 0.717) is 17.2 Å². The Hall–Kier alpha value is -1.96. The molecule has 0 aliphatic carbocycles. The SMILES string of the molecule is CC(C)C[C@H](NC(=O)Cc1csc(NC(=O)C(C)(C)C)n1)C(=O)O. The fraction of sp³-hybridized carbons (Fsp3) is 0.625. The molecule has 0 unspecified atom stereocenters. The number of thiazole rings is 1. The number of hydrogen-bond acceptors (Lipinski definition) is 5. The molecule has 0 aliphatic rings. The van der Waals surface area contributed by atoms with Gasteiger partial charge in [0.2, 0.25) is 11.8 Å². The molecule has 1 aromatic heterocycles. The van der Waals surface area contributed by atoms with Crippen molar-refractivity contribution >= 4 is 34.3 Å². The van der Waals surface area contributed by atoms with Gasteiger partial charge in [0.05, 0.1) is 12.1 Å². The Morgan fingerprint density at radius 3 is 2.42 bits per heavy atom. The summed E-state index contributed by atoms with van der Waals surface area (Å²) in [7, 11) is 0. The van der Waals surface area contributed by atoms with Crippen molar-refractivity contribution in [3.63, 3.8) is 0 Å². The van der Waals surface area contributed by atoms with Crippen LogP contribution in [0.3, 0.4) is 0 Å². The van der Waals surface area contributed by atoms with Crippen molar-refractivity contribution in [3.05, 3.63) is 11.1 Å². The fourth-order valence-corrected chi connectivity index (χ4v) is 2.54. The topological polar surface area (TPSA) is 108 Å². The number of aromatic nitrogens is 1. The summed E-state index contributed by atoms with van der Waals surface area (Å²) in [5, 5.41) is 16.5. The van der Waals surface area contributed by atoms with Gasteiger partial charge in [-0.3, -0.25) is 9.59 Å². The van der Waals surface area contributed by atoms with E-state index in [1.807, 2.05) is 13.8 Å². The summed E-state index contributed by atoms with van der Waals surface area (Å²) in [6.07, 6.45) is 0.342. The third-order valence-corrected chi connectivity index (χ3v) is 3.94. The smallest absolute Gasteiger partial charge is 0.326 e. The highest BCUT2D eigenvalue weighted by Crippen LogP contribution is 2.20. The number of hydrogen-bond donors (Lipinski definition) is 3. The van der Waals surface area contributed by atoms with E-state index in [-0.39, 0.29) is 18.2 Å². The van der Waals surface area contributed by atoms with Crippen LogP contribution >= 0.6 is 11.3 Å². The molecule has 134 valence electrons. The first-order valence-corrected chi connectivity index (χ1v) is 8.65. The molecule has 0 aliphatic heterocycles. The molecule has 0 bridgehead atoms. The molecule has 0 saturated heterocycles. The molecular weight excluding hydrogens is 330 g/mol. The Balaban J connectivity index is 2.62. The monoisotopic (exact) mass is 355 g/mol. The number of nitrogens with zero attached hydrogens (tertiary/aromatic N) is 1. The molecular formula is C16H25N3O4S. The van der Waals surface area contributed by atoms with Gasteiger partial charge in [-0.05, 0) is 12.3 Å². The number of carboxylic acids is 1. The lowest BCUT2D eigenvalue weighted by molar-refractivity contribution is -0.142. The van der Waals surface area contributed by atoms with E-state index in [1.54, 1.807) is 26.2 Å². The average molecular weight is 355 g/mol. The molecule has 1 aromatic rings. The number of anilines is 1. The Morgan fingerprint density at radius 2 is 1.92 bits per heavy atom. The minimum atomic E-state index is -1.05. The molecule has 3 N–H and O–H groups in total. The molecule has 0 fully saturated rings. The highest BCUT2D eigenvalue weighted by Gasteiger charge is 2.23. The predicted octanol–water partition coefficient (Wildman–Crippen LogP) is 2.29. The molecule has 0 radical (unpaired) electrons. The van der Waals surface area contributed by atoms with Gasteiger partial charge < -0.3 is 15.7 Å². The van der Waals surface area contributed by atoms with Crippen LogP contribution in [0.25, 0.3) is 0 Å². The van der Waals surface area contributed by atoms with Crippen molar-refractivity contribution in [3.8, 4) is 0 Å². The van der Waals surface area contributed by atoms with Gasteiger partial charge in [0.1, 0.15) is 6.04 Å². The summed E-state index contributed by atoms with van der Waals surface area (Å²) >= 11 is 1.23. The number of carbonyl (C=O) groups is 3. The minimum absolute atomic E-state index is 0.0240. The van der Waals surface area contributed by atoms with Crippen LogP contribution in [0.2, 0.25) is 0 Å². The van der Waals surface area contributed by atoms with Crippen LogP contribution in [0.4, 0.5) is 5.13 Å².